The van der Waals surface area contributed by atoms with Gasteiger partial charge in [0.1, 0.15) is 17.1 Å². The maximum atomic E-state index is 12.3. The minimum absolute atomic E-state index is 0.170. The summed E-state index contributed by atoms with van der Waals surface area (Å²) in [6.07, 6.45) is 4.63. The first-order valence-corrected chi connectivity index (χ1v) is 8.04. The Morgan fingerprint density at radius 1 is 1.16 bits per heavy atom. The lowest BCUT2D eigenvalue weighted by molar-refractivity contribution is 0.0953. The van der Waals surface area contributed by atoms with Crippen LogP contribution in [0.2, 0.25) is 0 Å². The highest BCUT2D eigenvalue weighted by atomic mass is 16.5. The van der Waals surface area contributed by atoms with Crippen LogP contribution in [0.1, 0.15) is 21.6 Å². The summed E-state index contributed by atoms with van der Waals surface area (Å²) in [5.41, 5.74) is 3.53. The average Bonchev–Trinajstić information content (AvgIpc) is 3.02. The highest BCUT2D eigenvalue weighted by molar-refractivity contribution is 5.95. The van der Waals surface area contributed by atoms with Crippen LogP contribution in [0.3, 0.4) is 0 Å². The molecule has 6 heteroatoms. The summed E-state index contributed by atoms with van der Waals surface area (Å²) in [7, 11) is 3.11. The first-order chi connectivity index (χ1) is 12.1. The SMILES string of the molecule is COc1cc(OC)cc(C(=O)NCCc2cn3ccc(C)cc3n2)c1. The topological polar surface area (TPSA) is 64.9 Å². The van der Waals surface area contributed by atoms with Gasteiger partial charge in [-0.15, -0.1) is 0 Å². The molecule has 0 bridgehead atoms. The van der Waals surface area contributed by atoms with Gasteiger partial charge in [-0.25, -0.2) is 4.98 Å². The van der Waals surface area contributed by atoms with Crippen LogP contribution in [0, 0.1) is 6.92 Å². The van der Waals surface area contributed by atoms with Crippen LogP contribution in [0.5, 0.6) is 11.5 Å². The zero-order valence-corrected chi connectivity index (χ0v) is 14.6. The van der Waals surface area contributed by atoms with Gasteiger partial charge in [-0.05, 0) is 36.8 Å². The number of aromatic nitrogens is 2. The van der Waals surface area contributed by atoms with Gasteiger partial charge in [0.15, 0.2) is 0 Å². The first kappa shape index (κ1) is 16.8. The van der Waals surface area contributed by atoms with Crippen molar-refractivity contribution in [1.29, 1.82) is 0 Å². The van der Waals surface area contributed by atoms with Crippen molar-refractivity contribution in [3.05, 3.63) is 59.5 Å². The molecule has 6 nitrogen and oxygen atoms in total. The van der Waals surface area contributed by atoms with E-state index in [4.69, 9.17) is 9.47 Å². The second kappa shape index (κ2) is 7.25. The second-order valence-corrected chi connectivity index (χ2v) is 5.81. The molecule has 0 saturated heterocycles. The van der Waals surface area contributed by atoms with Crippen molar-refractivity contribution in [2.75, 3.05) is 20.8 Å². The van der Waals surface area contributed by atoms with Crippen molar-refractivity contribution >= 4 is 11.6 Å². The number of benzene rings is 1. The average molecular weight is 339 g/mol. The summed E-state index contributed by atoms with van der Waals surface area (Å²) in [4.78, 5) is 16.9. The Bertz CT molecular complexity index is 880. The Hall–Kier alpha value is -3.02. The molecule has 0 saturated carbocycles. The molecule has 0 fully saturated rings. The van der Waals surface area contributed by atoms with E-state index in [1.165, 1.54) is 5.56 Å². The maximum Gasteiger partial charge on any atom is 0.251 e. The van der Waals surface area contributed by atoms with Gasteiger partial charge < -0.3 is 19.2 Å². The molecule has 1 amide bonds. The van der Waals surface area contributed by atoms with E-state index in [0.29, 0.717) is 30.0 Å². The molecule has 2 heterocycles. The number of carbonyl (C=O) groups is 1. The van der Waals surface area contributed by atoms with Gasteiger partial charge in [-0.1, -0.05) is 0 Å². The van der Waals surface area contributed by atoms with Crippen LogP contribution in [-0.2, 0) is 6.42 Å². The Balaban J connectivity index is 1.63. The minimum Gasteiger partial charge on any atom is -0.497 e. The van der Waals surface area contributed by atoms with Gasteiger partial charge in [-0.2, -0.15) is 0 Å². The van der Waals surface area contributed by atoms with Crippen LogP contribution in [0.25, 0.3) is 5.65 Å². The largest absolute Gasteiger partial charge is 0.497 e. The zero-order valence-electron chi connectivity index (χ0n) is 14.6. The molecule has 3 rings (SSSR count). The molecule has 0 aliphatic rings. The Kier molecular flexibility index (Phi) is 4.88. The van der Waals surface area contributed by atoms with E-state index in [1.54, 1.807) is 32.4 Å². The number of aryl methyl sites for hydroxylation is 1. The summed E-state index contributed by atoms with van der Waals surface area (Å²) >= 11 is 0. The molecule has 130 valence electrons. The molecular weight excluding hydrogens is 318 g/mol. The van der Waals surface area contributed by atoms with Gasteiger partial charge in [0.2, 0.25) is 0 Å². The number of hydrogen-bond donors (Lipinski definition) is 1. The Labute approximate surface area is 146 Å². The van der Waals surface area contributed by atoms with Gasteiger partial charge in [-0.3, -0.25) is 4.79 Å². The van der Waals surface area contributed by atoms with Gasteiger partial charge in [0.25, 0.3) is 5.91 Å². The zero-order chi connectivity index (χ0) is 17.8. The number of imidazole rings is 1. The van der Waals surface area contributed by atoms with E-state index in [9.17, 15) is 4.79 Å². The number of methoxy groups -OCH3 is 2. The molecule has 2 aromatic heterocycles. The monoisotopic (exact) mass is 339 g/mol. The van der Waals surface area contributed by atoms with E-state index in [2.05, 4.69) is 10.3 Å². The Morgan fingerprint density at radius 3 is 2.56 bits per heavy atom. The molecule has 0 spiro atoms. The quantitative estimate of drug-likeness (QED) is 0.750. The van der Waals surface area contributed by atoms with Crippen molar-refractivity contribution < 1.29 is 14.3 Å². The van der Waals surface area contributed by atoms with Crippen LogP contribution in [0.4, 0.5) is 0 Å². The number of nitrogens with one attached hydrogen (secondary N) is 1. The molecule has 3 aromatic rings. The second-order valence-electron chi connectivity index (χ2n) is 5.81. The van der Waals surface area contributed by atoms with Crippen LogP contribution in [0.15, 0.2) is 42.7 Å². The minimum atomic E-state index is -0.170. The molecule has 0 aliphatic carbocycles. The number of fused-ring (bicyclic) bond motifs is 1. The smallest absolute Gasteiger partial charge is 0.251 e. The number of nitrogens with zero attached hydrogens (tertiary/aromatic N) is 2. The van der Waals surface area contributed by atoms with Gasteiger partial charge >= 0.3 is 0 Å². The van der Waals surface area contributed by atoms with Crippen molar-refractivity contribution in [2.24, 2.45) is 0 Å². The third-order valence-corrected chi connectivity index (χ3v) is 3.95. The molecule has 0 atom stereocenters. The number of carbonyl (C=O) groups excluding carboxylic acids is 1. The fourth-order valence-corrected chi connectivity index (χ4v) is 2.60. The lowest BCUT2D eigenvalue weighted by Gasteiger charge is -2.09. The lowest BCUT2D eigenvalue weighted by atomic mass is 10.2. The highest BCUT2D eigenvalue weighted by Gasteiger charge is 2.10. The van der Waals surface area contributed by atoms with Gasteiger partial charge in [0.05, 0.1) is 19.9 Å². The van der Waals surface area contributed by atoms with Crippen molar-refractivity contribution in [1.82, 2.24) is 14.7 Å². The normalized spacial score (nSPS) is 10.7. The van der Waals surface area contributed by atoms with E-state index in [-0.39, 0.29) is 5.91 Å². The fourth-order valence-electron chi connectivity index (χ4n) is 2.60. The van der Waals surface area contributed by atoms with Gasteiger partial charge in [0, 0.05) is 37.0 Å². The number of pyridine rings is 1. The molecule has 0 radical (unpaired) electrons. The fraction of sp³-hybridized carbons (Fsp3) is 0.263. The Morgan fingerprint density at radius 2 is 1.88 bits per heavy atom. The van der Waals surface area contributed by atoms with Crippen molar-refractivity contribution in [3.63, 3.8) is 0 Å². The van der Waals surface area contributed by atoms with E-state index >= 15 is 0 Å². The van der Waals surface area contributed by atoms with Crippen molar-refractivity contribution in [3.8, 4) is 11.5 Å². The number of rotatable bonds is 6. The predicted molar refractivity (Wildman–Crippen MR) is 95.5 cm³/mol. The molecule has 0 unspecified atom stereocenters. The van der Waals surface area contributed by atoms with E-state index in [0.717, 1.165) is 11.3 Å². The third-order valence-electron chi connectivity index (χ3n) is 3.95. The first-order valence-electron chi connectivity index (χ1n) is 8.04. The molecular formula is C19H21N3O3. The number of hydrogen-bond acceptors (Lipinski definition) is 4. The molecule has 1 N–H and O–H groups in total. The number of ether oxygens (including phenoxy) is 2. The molecule has 1 aromatic carbocycles. The highest BCUT2D eigenvalue weighted by Crippen LogP contribution is 2.22. The number of amides is 1. The standard InChI is InChI=1S/C19H21N3O3/c1-13-5-7-22-12-15(21-18(22)8-13)4-6-20-19(23)14-9-16(24-2)11-17(10-14)25-3/h5,7-12H,4,6H2,1-3H3,(H,20,23). The molecule has 25 heavy (non-hydrogen) atoms. The summed E-state index contributed by atoms with van der Waals surface area (Å²) < 4.78 is 12.4. The van der Waals surface area contributed by atoms with Crippen LogP contribution < -0.4 is 14.8 Å². The van der Waals surface area contributed by atoms with Crippen molar-refractivity contribution in [2.45, 2.75) is 13.3 Å². The lowest BCUT2D eigenvalue weighted by Crippen LogP contribution is -2.25. The predicted octanol–water partition coefficient (Wildman–Crippen LogP) is 2.63. The van der Waals surface area contributed by atoms with E-state index in [1.807, 2.05) is 35.9 Å². The summed E-state index contributed by atoms with van der Waals surface area (Å²) in [5.74, 6) is 0.997. The van der Waals surface area contributed by atoms with Crippen LogP contribution >= 0.6 is 0 Å². The summed E-state index contributed by atoms with van der Waals surface area (Å²) in [6, 6.07) is 9.17. The molecule has 0 aliphatic heterocycles. The van der Waals surface area contributed by atoms with Crippen LogP contribution in [-0.4, -0.2) is 36.1 Å². The summed E-state index contributed by atoms with van der Waals surface area (Å²) in [5, 5.41) is 2.91. The maximum absolute atomic E-state index is 12.3. The summed E-state index contributed by atoms with van der Waals surface area (Å²) in [6.45, 7) is 2.54. The third kappa shape index (κ3) is 3.91. The van der Waals surface area contributed by atoms with E-state index < -0.39 is 0 Å².